The zero-order valence-corrected chi connectivity index (χ0v) is 9.94. The standard InChI is InChI=1S/C10H14N2O7/c1-18-9(16)7-5(14)4(13)6(19-7)3-2-11-10(17)12-8(3)15/h2,4-7,9,13-14,16H,1H3,(H2,11,12,15,17)/t4-,5+,6+,7+,9?/m1/s1. The van der Waals surface area contributed by atoms with E-state index in [2.05, 4.69) is 9.72 Å². The molecule has 9 heteroatoms. The van der Waals surface area contributed by atoms with Crippen LogP contribution in [-0.4, -0.2) is 57.0 Å². The van der Waals surface area contributed by atoms with Gasteiger partial charge in [-0.3, -0.25) is 9.78 Å². The first-order valence-corrected chi connectivity index (χ1v) is 5.50. The monoisotopic (exact) mass is 274 g/mol. The van der Waals surface area contributed by atoms with E-state index >= 15 is 0 Å². The van der Waals surface area contributed by atoms with Crippen LogP contribution >= 0.6 is 0 Å². The summed E-state index contributed by atoms with van der Waals surface area (Å²) in [5.74, 6) is 0. The lowest BCUT2D eigenvalue weighted by molar-refractivity contribution is -0.177. The summed E-state index contributed by atoms with van der Waals surface area (Å²) in [7, 11) is 1.20. The average molecular weight is 274 g/mol. The van der Waals surface area contributed by atoms with Crippen LogP contribution in [0, 0.1) is 0 Å². The SMILES string of the molecule is COC(O)[C@H]1O[C@@H](c2c[nH]c(=O)[nH]c2=O)[C@H](O)[C@@H]1O. The maximum atomic E-state index is 11.6. The highest BCUT2D eigenvalue weighted by atomic mass is 16.6. The molecule has 1 aliphatic rings. The molecule has 1 fully saturated rings. The number of ether oxygens (including phenoxy) is 2. The lowest BCUT2D eigenvalue weighted by Crippen LogP contribution is -2.39. The predicted octanol–water partition coefficient (Wildman–Crippen LogP) is -2.81. The van der Waals surface area contributed by atoms with Crippen molar-refractivity contribution in [2.45, 2.75) is 30.7 Å². The molecule has 1 saturated heterocycles. The fraction of sp³-hybridized carbons (Fsp3) is 0.600. The molecule has 5 N–H and O–H groups in total. The summed E-state index contributed by atoms with van der Waals surface area (Å²) in [6.45, 7) is 0. The van der Waals surface area contributed by atoms with Gasteiger partial charge in [0.05, 0.1) is 5.56 Å². The minimum Gasteiger partial charge on any atom is -0.387 e. The topological polar surface area (TPSA) is 145 Å². The van der Waals surface area contributed by atoms with Gasteiger partial charge in [-0.1, -0.05) is 0 Å². The van der Waals surface area contributed by atoms with Crippen LogP contribution in [0.2, 0.25) is 0 Å². The number of rotatable bonds is 3. The highest BCUT2D eigenvalue weighted by Gasteiger charge is 2.47. The summed E-state index contributed by atoms with van der Waals surface area (Å²) in [5.41, 5.74) is -1.50. The molecule has 19 heavy (non-hydrogen) atoms. The average Bonchev–Trinajstić information content (AvgIpc) is 2.66. The van der Waals surface area contributed by atoms with E-state index in [1.807, 2.05) is 4.98 Å². The fourth-order valence-corrected chi connectivity index (χ4v) is 1.96. The third-order valence-electron chi connectivity index (χ3n) is 2.98. The second-order valence-corrected chi connectivity index (χ2v) is 4.16. The summed E-state index contributed by atoms with van der Waals surface area (Å²) < 4.78 is 9.83. The zero-order chi connectivity index (χ0) is 14.2. The number of hydrogen-bond donors (Lipinski definition) is 5. The van der Waals surface area contributed by atoms with Gasteiger partial charge in [0, 0.05) is 13.3 Å². The minimum absolute atomic E-state index is 0.0584. The first-order valence-electron chi connectivity index (χ1n) is 5.50. The third kappa shape index (κ3) is 2.46. The fourth-order valence-electron chi connectivity index (χ4n) is 1.96. The number of hydrogen-bond acceptors (Lipinski definition) is 7. The molecule has 0 aliphatic carbocycles. The van der Waals surface area contributed by atoms with Gasteiger partial charge in [0.15, 0.2) is 6.29 Å². The zero-order valence-electron chi connectivity index (χ0n) is 9.94. The van der Waals surface area contributed by atoms with Gasteiger partial charge in [-0.2, -0.15) is 0 Å². The molecule has 0 saturated carbocycles. The van der Waals surface area contributed by atoms with Crippen LogP contribution in [0.4, 0.5) is 0 Å². The van der Waals surface area contributed by atoms with Gasteiger partial charge in [-0.25, -0.2) is 4.79 Å². The first-order chi connectivity index (χ1) is 8.95. The van der Waals surface area contributed by atoms with Crippen molar-refractivity contribution in [2.75, 3.05) is 7.11 Å². The van der Waals surface area contributed by atoms with E-state index in [0.29, 0.717) is 0 Å². The van der Waals surface area contributed by atoms with Crippen LogP contribution < -0.4 is 11.2 Å². The van der Waals surface area contributed by atoms with Crippen LogP contribution in [0.3, 0.4) is 0 Å². The molecule has 1 aromatic rings. The largest absolute Gasteiger partial charge is 0.387 e. The molecule has 5 atom stereocenters. The van der Waals surface area contributed by atoms with Gasteiger partial charge >= 0.3 is 5.69 Å². The molecular weight excluding hydrogens is 260 g/mol. The molecule has 0 radical (unpaired) electrons. The Hall–Kier alpha value is -1.52. The van der Waals surface area contributed by atoms with Crippen molar-refractivity contribution in [3.8, 4) is 0 Å². The molecule has 0 bridgehead atoms. The Morgan fingerprint density at radius 3 is 2.63 bits per heavy atom. The Morgan fingerprint density at radius 2 is 2.05 bits per heavy atom. The van der Waals surface area contributed by atoms with Gasteiger partial charge < -0.3 is 29.8 Å². The van der Waals surface area contributed by atoms with Crippen molar-refractivity contribution >= 4 is 0 Å². The van der Waals surface area contributed by atoms with Gasteiger partial charge in [0.25, 0.3) is 5.56 Å². The lowest BCUT2D eigenvalue weighted by Gasteiger charge is -2.19. The summed E-state index contributed by atoms with van der Waals surface area (Å²) in [4.78, 5) is 26.7. The molecule has 2 heterocycles. The van der Waals surface area contributed by atoms with Crippen molar-refractivity contribution in [3.63, 3.8) is 0 Å². The summed E-state index contributed by atoms with van der Waals surface area (Å²) >= 11 is 0. The highest BCUT2D eigenvalue weighted by Crippen LogP contribution is 2.33. The Balaban J connectivity index is 2.31. The molecule has 1 aliphatic heterocycles. The Kier molecular flexibility index (Phi) is 3.83. The normalized spacial score (nSPS) is 32.4. The molecule has 106 valence electrons. The van der Waals surface area contributed by atoms with Crippen LogP contribution in [0.5, 0.6) is 0 Å². The Bertz CT molecular complexity index is 553. The molecule has 1 unspecified atom stereocenters. The number of nitrogens with one attached hydrogen (secondary N) is 2. The molecule has 1 aromatic heterocycles. The number of aromatic nitrogens is 2. The van der Waals surface area contributed by atoms with Crippen molar-refractivity contribution in [2.24, 2.45) is 0 Å². The predicted molar refractivity (Wildman–Crippen MR) is 60.3 cm³/mol. The molecule has 0 aromatic carbocycles. The molecular formula is C10H14N2O7. The van der Waals surface area contributed by atoms with E-state index in [4.69, 9.17) is 4.74 Å². The summed E-state index contributed by atoms with van der Waals surface area (Å²) in [5, 5.41) is 29.0. The van der Waals surface area contributed by atoms with Gasteiger partial charge in [0.2, 0.25) is 0 Å². The van der Waals surface area contributed by atoms with Crippen LogP contribution in [-0.2, 0) is 9.47 Å². The van der Waals surface area contributed by atoms with E-state index in [9.17, 15) is 24.9 Å². The molecule has 9 nitrogen and oxygen atoms in total. The van der Waals surface area contributed by atoms with Gasteiger partial charge in [-0.15, -0.1) is 0 Å². The smallest absolute Gasteiger partial charge is 0.325 e. The Morgan fingerprint density at radius 1 is 1.37 bits per heavy atom. The lowest BCUT2D eigenvalue weighted by atomic mass is 10.0. The molecule has 0 amide bonds. The highest BCUT2D eigenvalue weighted by molar-refractivity contribution is 5.13. The third-order valence-corrected chi connectivity index (χ3v) is 2.98. The molecule has 2 rings (SSSR count). The van der Waals surface area contributed by atoms with E-state index in [0.717, 1.165) is 6.20 Å². The maximum absolute atomic E-state index is 11.6. The summed E-state index contributed by atoms with van der Waals surface area (Å²) in [6, 6.07) is 0. The van der Waals surface area contributed by atoms with Gasteiger partial charge in [-0.05, 0) is 0 Å². The van der Waals surface area contributed by atoms with Crippen LogP contribution in [0.1, 0.15) is 11.7 Å². The van der Waals surface area contributed by atoms with Gasteiger partial charge in [0.1, 0.15) is 24.4 Å². The Labute approximate surface area is 106 Å². The second kappa shape index (κ2) is 5.23. The first kappa shape index (κ1) is 13.9. The van der Waals surface area contributed by atoms with E-state index < -0.39 is 42.0 Å². The quantitative estimate of drug-likeness (QED) is 0.374. The van der Waals surface area contributed by atoms with Crippen molar-refractivity contribution in [1.29, 1.82) is 0 Å². The van der Waals surface area contributed by atoms with Crippen molar-refractivity contribution in [1.82, 2.24) is 9.97 Å². The van der Waals surface area contributed by atoms with Crippen LogP contribution in [0.15, 0.2) is 15.8 Å². The number of methoxy groups -OCH3 is 1. The number of aliphatic hydroxyl groups is 3. The number of aromatic amines is 2. The van der Waals surface area contributed by atoms with Crippen molar-refractivity contribution in [3.05, 3.63) is 32.6 Å². The van der Waals surface area contributed by atoms with E-state index in [1.54, 1.807) is 0 Å². The molecule has 0 spiro atoms. The maximum Gasteiger partial charge on any atom is 0.325 e. The van der Waals surface area contributed by atoms with E-state index in [1.165, 1.54) is 7.11 Å². The number of aliphatic hydroxyl groups excluding tert-OH is 3. The summed E-state index contributed by atoms with van der Waals surface area (Å²) in [6.07, 6.45) is -5.59. The number of H-pyrrole nitrogens is 2. The van der Waals surface area contributed by atoms with Crippen molar-refractivity contribution < 1.29 is 24.8 Å². The second-order valence-electron chi connectivity index (χ2n) is 4.16. The van der Waals surface area contributed by atoms with Crippen LogP contribution in [0.25, 0.3) is 0 Å². The minimum atomic E-state index is -1.45. The van der Waals surface area contributed by atoms with E-state index in [-0.39, 0.29) is 5.56 Å².